The molecule has 22 heteroatoms. The third-order valence-electron chi connectivity index (χ3n) is 11.3. The maximum atomic E-state index is 13.9. The summed E-state index contributed by atoms with van der Waals surface area (Å²) in [5.74, 6) is -1.84. The van der Waals surface area contributed by atoms with Crippen LogP contribution in [0.2, 0.25) is 0 Å². The molecule has 2 aromatic carbocycles. The van der Waals surface area contributed by atoms with Crippen LogP contribution in [0.4, 0.5) is 11.9 Å². The molecule has 5 amide bonds. The van der Waals surface area contributed by atoms with E-state index >= 15 is 0 Å². The van der Waals surface area contributed by atoms with E-state index in [4.69, 9.17) is 35.6 Å². The summed E-state index contributed by atoms with van der Waals surface area (Å²) in [6.45, 7) is 14.7. The third-order valence-corrected chi connectivity index (χ3v) is 11.3. The predicted octanol–water partition coefficient (Wildman–Crippen LogP) is 5.19. The van der Waals surface area contributed by atoms with E-state index in [2.05, 4.69) is 32.7 Å². The quantitative estimate of drug-likeness (QED) is 0.0266. The Kier molecular flexibility index (Phi) is 17.1. The maximum Gasteiger partial charge on any atom is 0.333 e. The molecule has 372 valence electrons. The second-order valence-corrected chi connectivity index (χ2v) is 16.7. The number of rotatable bonds is 26. The minimum atomic E-state index is -0.710. The molecule has 0 bridgehead atoms. The number of esters is 1. The molecule has 0 aliphatic rings. The summed E-state index contributed by atoms with van der Waals surface area (Å²) >= 11 is 0. The van der Waals surface area contributed by atoms with Crippen LogP contribution < -0.4 is 36.9 Å². The molecule has 0 saturated carbocycles. The first kappa shape index (κ1) is 51.4. The number of carbonyl (C=O) groups is 6. The molecule has 0 aliphatic carbocycles. The fourth-order valence-corrected chi connectivity index (χ4v) is 7.87. The van der Waals surface area contributed by atoms with Gasteiger partial charge in [0.25, 0.3) is 11.8 Å². The molecule has 0 saturated heterocycles. The highest BCUT2D eigenvalue weighted by Gasteiger charge is 2.24. The number of anilines is 2. The van der Waals surface area contributed by atoms with Gasteiger partial charge in [-0.25, -0.2) is 14.8 Å². The number of hydrogen-bond acceptors (Lipinski definition) is 13. The molecule has 70 heavy (non-hydrogen) atoms. The Hall–Kier alpha value is -8.04. The summed E-state index contributed by atoms with van der Waals surface area (Å²) in [6, 6.07) is 9.49. The predicted molar refractivity (Wildman–Crippen MR) is 261 cm³/mol. The Morgan fingerprint density at radius 3 is 1.67 bits per heavy atom. The molecule has 22 nitrogen and oxygen atoms in total. The number of primary amides is 2. The molecule has 0 radical (unpaired) electrons. The zero-order valence-corrected chi connectivity index (χ0v) is 40.5. The normalized spacial score (nSPS) is 11.2. The van der Waals surface area contributed by atoms with E-state index in [1.54, 1.807) is 57.5 Å². The van der Waals surface area contributed by atoms with Crippen molar-refractivity contribution in [1.29, 1.82) is 0 Å². The third kappa shape index (κ3) is 12.3. The van der Waals surface area contributed by atoms with Crippen LogP contribution in [-0.2, 0) is 40.5 Å². The minimum Gasteiger partial charge on any atom is -0.494 e. The summed E-state index contributed by atoms with van der Waals surface area (Å²) in [5, 5.41) is 17.6. The number of nitrogens with one attached hydrogen (secondary N) is 3. The molecule has 6 rings (SSSR count). The van der Waals surface area contributed by atoms with Crippen LogP contribution >= 0.6 is 0 Å². The molecule has 4 aromatic heterocycles. The van der Waals surface area contributed by atoms with Gasteiger partial charge in [-0.2, -0.15) is 10.2 Å². The smallest absolute Gasteiger partial charge is 0.333 e. The van der Waals surface area contributed by atoms with Crippen LogP contribution in [-0.4, -0.2) is 101 Å². The Bertz CT molecular complexity index is 2940. The summed E-state index contributed by atoms with van der Waals surface area (Å²) in [5.41, 5.74) is 15.8. The van der Waals surface area contributed by atoms with Crippen molar-refractivity contribution in [2.75, 3.05) is 37.5 Å². The number of methoxy groups -OCH3 is 1. The first-order valence-corrected chi connectivity index (χ1v) is 23.2. The van der Waals surface area contributed by atoms with Crippen molar-refractivity contribution < 1.29 is 43.0 Å². The first-order valence-electron chi connectivity index (χ1n) is 23.2. The molecule has 7 N–H and O–H groups in total. The van der Waals surface area contributed by atoms with Crippen molar-refractivity contribution in [2.45, 2.75) is 106 Å². The van der Waals surface area contributed by atoms with Crippen molar-refractivity contribution >= 4 is 69.5 Å². The largest absolute Gasteiger partial charge is 0.494 e. The van der Waals surface area contributed by atoms with E-state index in [1.165, 1.54) is 25.3 Å². The second kappa shape index (κ2) is 23.3. The monoisotopic (exact) mass is 963 g/mol. The van der Waals surface area contributed by atoms with Gasteiger partial charge in [0.1, 0.15) is 33.9 Å². The average Bonchev–Trinajstić information content (AvgIpc) is 4.10. The Morgan fingerprint density at radius 2 is 1.19 bits per heavy atom. The number of aryl methyl sites for hydroxylation is 6. The van der Waals surface area contributed by atoms with Crippen molar-refractivity contribution in [1.82, 2.24) is 44.0 Å². The number of nitrogens with zero attached hydrogens (tertiary/aromatic N) is 8. The average molecular weight is 964 g/mol. The number of unbranched alkanes of at least 4 members (excludes halogenated alkanes) is 3. The van der Waals surface area contributed by atoms with Gasteiger partial charge in [0.15, 0.2) is 0 Å². The van der Waals surface area contributed by atoms with Crippen LogP contribution in [0.25, 0.3) is 22.1 Å². The number of amides is 5. The first-order chi connectivity index (χ1) is 33.5. The Morgan fingerprint density at radius 1 is 0.671 bits per heavy atom. The van der Waals surface area contributed by atoms with E-state index < -0.39 is 29.6 Å². The highest BCUT2D eigenvalue weighted by Crippen LogP contribution is 2.34. The lowest BCUT2D eigenvalue weighted by atomic mass is 10.1. The number of fused-ring (bicyclic) bond motifs is 2. The van der Waals surface area contributed by atoms with Crippen LogP contribution in [0.1, 0.15) is 119 Å². The van der Waals surface area contributed by atoms with Crippen LogP contribution in [0.5, 0.6) is 11.5 Å². The number of carbonyl (C=O) groups excluding carboxylic acids is 6. The van der Waals surface area contributed by atoms with E-state index in [0.29, 0.717) is 127 Å². The Balaban J connectivity index is 1.24. The van der Waals surface area contributed by atoms with Gasteiger partial charge in [-0.05, 0) is 110 Å². The molecular formula is C48H61N13O9. The topological polar surface area (TPSA) is 290 Å². The summed E-state index contributed by atoms with van der Waals surface area (Å²) in [7, 11) is 1.46. The van der Waals surface area contributed by atoms with Crippen molar-refractivity contribution in [3.8, 4) is 11.5 Å². The highest BCUT2D eigenvalue weighted by molar-refractivity contribution is 6.05. The van der Waals surface area contributed by atoms with E-state index in [-0.39, 0.29) is 54.4 Å². The van der Waals surface area contributed by atoms with Crippen molar-refractivity contribution in [3.63, 3.8) is 0 Å². The van der Waals surface area contributed by atoms with Crippen LogP contribution in [0.15, 0.2) is 48.6 Å². The van der Waals surface area contributed by atoms with Gasteiger partial charge in [-0.3, -0.25) is 44.0 Å². The van der Waals surface area contributed by atoms with Gasteiger partial charge in [-0.15, -0.1) is 0 Å². The lowest BCUT2D eigenvalue weighted by molar-refractivity contribution is -0.139. The van der Waals surface area contributed by atoms with Crippen LogP contribution in [0.3, 0.4) is 0 Å². The van der Waals surface area contributed by atoms with E-state index in [0.717, 1.165) is 0 Å². The number of nitrogens with two attached hydrogens (primary N) is 2. The van der Waals surface area contributed by atoms with Gasteiger partial charge in [0, 0.05) is 55.8 Å². The summed E-state index contributed by atoms with van der Waals surface area (Å²) in [6.07, 6.45) is 3.66. The van der Waals surface area contributed by atoms with Gasteiger partial charge in [0.05, 0.1) is 42.7 Å². The molecule has 4 heterocycles. The lowest BCUT2D eigenvalue weighted by Gasteiger charge is -2.15. The molecule has 0 fully saturated rings. The summed E-state index contributed by atoms with van der Waals surface area (Å²) in [4.78, 5) is 86.1. The number of imidazole rings is 2. The van der Waals surface area contributed by atoms with E-state index in [1.807, 2.05) is 13.8 Å². The maximum absolute atomic E-state index is 13.9. The standard InChI is InChI=1S/C48H61N13O9/c1-8-60-35(22-29(5)56-60)44(65)54-47-52-33-24-31(42(49)63)26-37(68-7)40(33)58(47)18-12-13-19-59-41-34(53-48(59)55-45(66)36-23-30(6)57-61(36)9-2)25-32(43(50)64)27-38(41)69-21-15-17-51-39(62)16-11-10-14-20-70-46(67)28(3)4/h22-27H,3,8-21H2,1-2,4-7H3,(H2,49,63)(H2,50,64)(H,51,62)(H,52,54,65)(H,53,55,66). The van der Waals surface area contributed by atoms with Gasteiger partial charge >= 0.3 is 5.97 Å². The Labute approximate surface area is 404 Å². The molecule has 0 atom stereocenters. The van der Waals surface area contributed by atoms with Crippen molar-refractivity contribution in [2.24, 2.45) is 11.5 Å². The molecule has 0 aliphatic heterocycles. The fraction of sp³-hybridized carbons (Fsp3) is 0.417. The van der Waals surface area contributed by atoms with Gasteiger partial charge in [0.2, 0.25) is 29.6 Å². The zero-order chi connectivity index (χ0) is 50.6. The molecule has 6 aromatic rings. The number of benzene rings is 2. The summed E-state index contributed by atoms with van der Waals surface area (Å²) < 4.78 is 23.9. The van der Waals surface area contributed by atoms with Gasteiger partial charge < -0.3 is 40.1 Å². The SMILES string of the molecule is C=C(C)C(=O)OCCCCCC(=O)NCCCOc1cc(C(N)=O)cc2nc(NC(=O)c3cc(C)nn3CC)n(CCCCn3c(NC(=O)c4cc(C)nn4CC)nc4cc(C(N)=O)cc(OC)c43)c12. The highest BCUT2D eigenvalue weighted by atomic mass is 16.5. The number of hydrogen-bond donors (Lipinski definition) is 5. The van der Waals surface area contributed by atoms with Crippen molar-refractivity contribution in [3.05, 3.63) is 82.5 Å². The van der Waals surface area contributed by atoms with Crippen LogP contribution in [0, 0.1) is 13.8 Å². The number of aromatic nitrogens is 8. The molecule has 0 unspecified atom stereocenters. The molecule has 0 spiro atoms. The zero-order valence-electron chi connectivity index (χ0n) is 40.5. The fourth-order valence-electron chi connectivity index (χ4n) is 7.87. The minimum absolute atomic E-state index is 0.124. The molecular weight excluding hydrogens is 903 g/mol. The number of ether oxygens (including phenoxy) is 3. The lowest BCUT2D eigenvalue weighted by Crippen LogP contribution is -2.25. The van der Waals surface area contributed by atoms with Gasteiger partial charge in [-0.1, -0.05) is 6.58 Å². The van der Waals surface area contributed by atoms with E-state index in [9.17, 15) is 28.8 Å². The second-order valence-electron chi connectivity index (χ2n) is 16.7.